The van der Waals surface area contributed by atoms with Gasteiger partial charge in [-0.15, -0.1) is 24.0 Å². The molecule has 0 spiro atoms. The lowest BCUT2D eigenvalue weighted by atomic mass is 10.2. The van der Waals surface area contributed by atoms with Crippen LogP contribution in [0.5, 0.6) is 5.75 Å². The largest absolute Gasteiger partial charge is 0.496 e. The molecule has 1 N–H and O–H groups in total. The summed E-state index contributed by atoms with van der Waals surface area (Å²) in [5.41, 5.74) is 1.04. The van der Waals surface area contributed by atoms with Gasteiger partial charge >= 0.3 is 0 Å². The molecule has 1 aliphatic carbocycles. The predicted octanol–water partition coefficient (Wildman–Crippen LogP) is 3.40. The van der Waals surface area contributed by atoms with Crippen LogP contribution in [-0.2, 0) is 11.3 Å². The number of nitrogens with one attached hydrogen (secondary N) is 1. The second-order valence-corrected chi connectivity index (χ2v) is 6.23. The van der Waals surface area contributed by atoms with Crippen LogP contribution in [0.2, 0.25) is 5.02 Å². The third-order valence-electron chi connectivity index (χ3n) is 3.88. The van der Waals surface area contributed by atoms with Crippen molar-refractivity contribution in [3.63, 3.8) is 0 Å². The second kappa shape index (κ2) is 11.0. The average molecular weight is 468 g/mol. The van der Waals surface area contributed by atoms with Gasteiger partial charge < -0.3 is 19.7 Å². The van der Waals surface area contributed by atoms with E-state index in [4.69, 9.17) is 21.1 Å². The van der Waals surface area contributed by atoms with Crippen LogP contribution >= 0.6 is 35.6 Å². The zero-order valence-electron chi connectivity index (χ0n) is 14.5. The number of likely N-dealkylation sites (N-methyl/N-ethyl adjacent to an activating group) is 1. The maximum Gasteiger partial charge on any atom is 0.193 e. The monoisotopic (exact) mass is 467 g/mol. The number of rotatable bonds is 8. The minimum Gasteiger partial charge on any atom is -0.496 e. The summed E-state index contributed by atoms with van der Waals surface area (Å²) in [5, 5.41) is 4.01. The number of benzene rings is 1. The lowest BCUT2D eigenvalue weighted by molar-refractivity contribution is 0.115. The molecule has 1 aromatic carbocycles. The predicted molar refractivity (Wildman–Crippen MR) is 110 cm³/mol. The summed E-state index contributed by atoms with van der Waals surface area (Å²) >= 11 is 5.99. The van der Waals surface area contributed by atoms with E-state index < -0.39 is 0 Å². The van der Waals surface area contributed by atoms with Gasteiger partial charge in [0.2, 0.25) is 0 Å². The van der Waals surface area contributed by atoms with Crippen LogP contribution in [0, 0.1) is 5.92 Å². The van der Waals surface area contributed by atoms with Gasteiger partial charge in [0, 0.05) is 44.4 Å². The van der Waals surface area contributed by atoms with Crippen LogP contribution in [0.1, 0.15) is 18.4 Å². The Balaban J connectivity index is 0.00000288. The van der Waals surface area contributed by atoms with Gasteiger partial charge in [0.25, 0.3) is 0 Å². The Kier molecular flexibility index (Phi) is 9.76. The first-order chi connectivity index (χ1) is 11.1. The molecule has 24 heavy (non-hydrogen) atoms. The number of ether oxygens (including phenoxy) is 2. The van der Waals surface area contributed by atoms with Gasteiger partial charge in [-0.05, 0) is 30.9 Å². The highest BCUT2D eigenvalue weighted by molar-refractivity contribution is 14.0. The molecule has 1 saturated carbocycles. The van der Waals surface area contributed by atoms with Crippen LogP contribution in [0.4, 0.5) is 0 Å². The summed E-state index contributed by atoms with van der Waals surface area (Å²) in [7, 11) is 5.44. The van der Waals surface area contributed by atoms with Crippen molar-refractivity contribution in [2.45, 2.75) is 19.4 Å². The third kappa shape index (κ3) is 7.03. The molecular weight excluding hydrogens is 441 g/mol. The number of hydrogen-bond acceptors (Lipinski definition) is 3. The zero-order chi connectivity index (χ0) is 16.7. The number of halogens is 2. The van der Waals surface area contributed by atoms with Crippen LogP contribution in [-0.4, -0.2) is 51.8 Å². The molecule has 136 valence electrons. The van der Waals surface area contributed by atoms with Gasteiger partial charge in [-0.1, -0.05) is 17.7 Å². The van der Waals surface area contributed by atoms with E-state index in [0.29, 0.717) is 11.6 Å². The van der Waals surface area contributed by atoms with Crippen LogP contribution in [0.25, 0.3) is 0 Å². The van der Waals surface area contributed by atoms with Crippen molar-refractivity contribution < 1.29 is 9.47 Å². The Morgan fingerprint density at radius 1 is 1.42 bits per heavy atom. The molecule has 1 fully saturated rings. The quantitative estimate of drug-likeness (QED) is 0.275. The maximum absolute atomic E-state index is 5.99. The zero-order valence-corrected chi connectivity index (χ0v) is 17.6. The molecule has 0 heterocycles. The summed E-state index contributed by atoms with van der Waals surface area (Å²) in [6.45, 7) is 3.05. The smallest absolute Gasteiger partial charge is 0.193 e. The Morgan fingerprint density at radius 3 is 2.79 bits per heavy atom. The normalized spacial score (nSPS) is 14.1. The molecule has 0 aliphatic heterocycles. The summed E-state index contributed by atoms with van der Waals surface area (Å²) in [6.07, 6.45) is 2.64. The molecule has 0 atom stereocenters. The molecule has 2 rings (SSSR count). The molecule has 0 aromatic heterocycles. The summed E-state index contributed by atoms with van der Waals surface area (Å²) < 4.78 is 11.0. The van der Waals surface area contributed by atoms with Crippen molar-refractivity contribution in [2.24, 2.45) is 10.9 Å². The van der Waals surface area contributed by atoms with Gasteiger partial charge in [0.15, 0.2) is 5.96 Å². The van der Waals surface area contributed by atoms with Crippen LogP contribution in [0.3, 0.4) is 0 Å². The Bertz CT molecular complexity index is 539. The van der Waals surface area contributed by atoms with E-state index in [0.717, 1.165) is 42.9 Å². The van der Waals surface area contributed by atoms with Crippen molar-refractivity contribution in [1.29, 1.82) is 0 Å². The molecular formula is C17H27ClIN3O2. The van der Waals surface area contributed by atoms with E-state index in [2.05, 4.69) is 15.2 Å². The van der Waals surface area contributed by atoms with Crippen molar-refractivity contribution in [3.05, 3.63) is 28.8 Å². The molecule has 0 unspecified atom stereocenters. The summed E-state index contributed by atoms with van der Waals surface area (Å²) in [5.74, 6) is 2.41. The minimum atomic E-state index is 0. The molecule has 0 saturated heterocycles. The van der Waals surface area contributed by atoms with Gasteiger partial charge in [0.05, 0.1) is 13.7 Å². The highest BCUT2D eigenvalue weighted by Gasteiger charge is 2.21. The van der Waals surface area contributed by atoms with Gasteiger partial charge in [-0.3, -0.25) is 4.99 Å². The topological polar surface area (TPSA) is 46.1 Å². The molecule has 7 heteroatoms. The SMILES string of the molecule is CN=C(NCc1ccc(Cl)cc1OC)N(C)CCOCC1CC1.I. The van der Waals surface area contributed by atoms with E-state index in [1.807, 2.05) is 25.2 Å². The molecule has 1 aromatic rings. The number of methoxy groups -OCH3 is 1. The van der Waals surface area contributed by atoms with Gasteiger partial charge in [-0.25, -0.2) is 0 Å². The minimum absolute atomic E-state index is 0. The van der Waals surface area contributed by atoms with Gasteiger partial charge in [-0.2, -0.15) is 0 Å². The van der Waals surface area contributed by atoms with E-state index >= 15 is 0 Å². The lowest BCUT2D eigenvalue weighted by Crippen LogP contribution is -2.40. The first kappa shape index (κ1) is 21.3. The van der Waals surface area contributed by atoms with Crippen molar-refractivity contribution in [1.82, 2.24) is 10.2 Å². The molecule has 0 radical (unpaired) electrons. The highest BCUT2D eigenvalue weighted by Crippen LogP contribution is 2.28. The second-order valence-electron chi connectivity index (χ2n) is 5.80. The van der Waals surface area contributed by atoms with Crippen molar-refractivity contribution in [2.75, 3.05) is 41.0 Å². The first-order valence-electron chi connectivity index (χ1n) is 7.96. The van der Waals surface area contributed by atoms with E-state index in [1.165, 1.54) is 12.8 Å². The van der Waals surface area contributed by atoms with E-state index in [1.54, 1.807) is 14.2 Å². The lowest BCUT2D eigenvalue weighted by Gasteiger charge is -2.22. The van der Waals surface area contributed by atoms with Crippen molar-refractivity contribution in [3.8, 4) is 5.75 Å². The Labute approximate surface area is 166 Å². The van der Waals surface area contributed by atoms with E-state index in [-0.39, 0.29) is 24.0 Å². The van der Waals surface area contributed by atoms with Crippen LogP contribution in [0.15, 0.2) is 23.2 Å². The van der Waals surface area contributed by atoms with E-state index in [9.17, 15) is 0 Å². The maximum atomic E-state index is 5.99. The molecule has 0 bridgehead atoms. The third-order valence-corrected chi connectivity index (χ3v) is 4.12. The fourth-order valence-corrected chi connectivity index (χ4v) is 2.43. The molecule has 1 aliphatic rings. The molecule has 5 nitrogen and oxygen atoms in total. The van der Waals surface area contributed by atoms with Gasteiger partial charge in [0.1, 0.15) is 5.75 Å². The number of aliphatic imine (C=N–C) groups is 1. The highest BCUT2D eigenvalue weighted by atomic mass is 127. The first-order valence-corrected chi connectivity index (χ1v) is 8.33. The standard InChI is InChI=1S/C17H26ClN3O2.HI/c1-19-17(21(2)8-9-23-12-13-4-5-13)20-11-14-6-7-15(18)10-16(14)22-3;/h6-7,10,13H,4-5,8-9,11-12H2,1-3H3,(H,19,20);1H. The fraction of sp³-hybridized carbons (Fsp3) is 0.588. The molecule has 0 amide bonds. The number of nitrogens with zero attached hydrogens (tertiary/aromatic N) is 2. The fourth-order valence-electron chi connectivity index (χ4n) is 2.27. The number of hydrogen-bond donors (Lipinski definition) is 1. The summed E-state index contributed by atoms with van der Waals surface area (Å²) in [4.78, 5) is 6.38. The van der Waals surface area contributed by atoms with Crippen molar-refractivity contribution >= 4 is 41.5 Å². The number of guanidine groups is 1. The average Bonchev–Trinajstić information content (AvgIpc) is 3.37. The Morgan fingerprint density at radius 2 is 2.17 bits per heavy atom. The summed E-state index contributed by atoms with van der Waals surface area (Å²) in [6, 6.07) is 5.64. The van der Waals surface area contributed by atoms with Crippen LogP contribution < -0.4 is 10.1 Å². The Hall–Kier alpha value is -0.730.